The number of ether oxygens (including phenoxy) is 3. The van der Waals surface area contributed by atoms with E-state index in [1.807, 2.05) is 104 Å². The number of para-hydroxylation sites is 4. The Balaban J connectivity index is 1.05. The molecular weight excluding hydrogens is 688 g/mol. The maximum atomic E-state index is 14.9. The maximum Gasteiger partial charge on any atom is 0.269 e. The molecular formula is C41H38N6O7. The highest BCUT2D eigenvalue weighted by Gasteiger charge is 2.60. The molecule has 1 fully saturated rings. The molecule has 0 radical (unpaired) electrons. The third-order valence-corrected chi connectivity index (χ3v) is 10.7. The first-order chi connectivity index (χ1) is 26.3. The van der Waals surface area contributed by atoms with Crippen LogP contribution < -0.4 is 24.2 Å². The van der Waals surface area contributed by atoms with Crippen molar-refractivity contribution in [2.45, 2.75) is 51.0 Å². The highest BCUT2D eigenvalue weighted by Crippen LogP contribution is 2.55. The van der Waals surface area contributed by atoms with Crippen LogP contribution in [0.2, 0.25) is 0 Å². The first-order valence-electron chi connectivity index (χ1n) is 18.2. The molecule has 4 aliphatic rings. The number of fused-ring (bicyclic) bond motifs is 4. The molecule has 1 N–H and O–H groups in total. The van der Waals surface area contributed by atoms with E-state index in [4.69, 9.17) is 14.2 Å². The van der Waals surface area contributed by atoms with E-state index in [9.17, 15) is 19.5 Å². The van der Waals surface area contributed by atoms with Crippen molar-refractivity contribution < 1.29 is 33.7 Å². The molecule has 1 spiro atoms. The summed E-state index contributed by atoms with van der Waals surface area (Å²) in [5, 5.41) is 17.6. The smallest absolute Gasteiger partial charge is 0.269 e. The minimum Gasteiger partial charge on any atom is -0.482 e. The Morgan fingerprint density at radius 2 is 1.46 bits per heavy atom. The van der Waals surface area contributed by atoms with Gasteiger partial charge in [-0.25, -0.2) is 0 Å². The van der Waals surface area contributed by atoms with E-state index in [0.717, 1.165) is 16.8 Å². The normalized spacial score (nSPS) is 21.6. The molecule has 0 saturated carbocycles. The summed E-state index contributed by atoms with van der Waals surface area (Å²) >= 11 is 0. The number of carbonyl (C=O) groups excluding carboxylic acids is 3. The molecule has 5 aromatic rings. The summed E-state index contributed by atoms with van der Waals surface area (Å²) in [5.74, 6) is 0.529. The van der Waals surface area contributed by atoms with Crippen LogP contribution in [0.1, 0.15) is 36.6 Å². The van der Waals surface area contributed by atoms with Crippen molar-refractivity contribution in [3.63, 3.8) is 0 Å². The number of carbonyl (C=O) groups is 3. The first kappa shape index (κ1) is 33.8. The predicted molar refractivity (Wildman–Crippen MR) is 198 cm³/mol. The topological polar surface area (TPSA) is 140 Å². The Labute approximate surface area is 311 Å². The molecule has 1 aromatic heterocycles. The van der Waals surface area contributed by atoms with Gasteiger partial charge in [-0.05, 0) is 73.0 Å². The maximum absolute atomic E-state index is 14.9. The first-order valence-corrected chi connectivity index (χ1v) is 18.2. The molecule has 9 rings (SSSR count). The van der Waals surface area contributed by atoms with E-state index < -0.39 is 5.60 Å². The van der Waals surface area contributed by atoms with E-state index in [1.165, 1.54) is 0 Å². The van der Waals surface area contributed by atoms with Crippen LogP contribution in [0.3, 0.4) is 0 Å². The van der Waals surface area contributed by atoms with E-state index >= 15 is 0 Å². The average Bonchev–Trinajstić information content (AvgIpc) is 3.85. The molecule has 1 saturated heterocycles. The summed E-state index contributed by atoms with van der Waals surface area (Å²) in [6.45, 7) is 2.71. The van der Waals surface area contributed by atoms with Crippen molar-refractivity contribution in [3.8, 4) is 11.5 Å². The fourth-order valence-corrected chi connectivity index (χ4v) is 8.19. The number of aryl methyl sites for hydroxylation is 1. The largest absolute Gasteiger partial charge is 0.482 e. The van der Waals surface area contributed by atoms with Crippen LogP contribution in [0, 0.1) is 5.92 Å². The summed E-state index contributed by atoms with van der Waals surface area (Å²) in [6, 6.07) is 28.2. The number of benzene rings is 4. The van der Waals surface area contributed by atoms with Gasteiger partial charge in [0.1, 0.15) is 11.5 Å². The van der Waals surface area contributed by atoms with Crippen LogP contribution in [-0.2, 0) is 44.2 Å². The van der Waals surface area contributed by atoms with Gasteiger partial charge in [-0.3, -0.25) is 28.9 Å². The van der Waals surface area contributed by atoms with Crippen molar-refractivity contribution in [1.29, 1.82) is 0 Å². The Hall–Kier alpha value is -6.05. The molecule has 5 heterocycles. The van der Waals surface area contributed by atoms with Crippen LogP contribution in [0.15, 0.2) is 97.2 Å². The molecule has 0 bridgehead atoms. The molecule has 13 heteroatoms. The standard InChI is InChI=1S/C41H38N6O7/c1-26-20-31(16-18-44-23-28(17-19-48)42-43-44)54-41(26)32-21-30(47-35-7-3-5-9-37(35)53-25-39(47)50)14-15-33(32)45(40(41)51)22-27-10-12-29(13-11-27)46-34-6-2-4-8-36(34)52-24-38(46)49/h2-15,21,23,26,31,48H,16-20,22,24-25H2,1H3/t26-,31+,41+/m0/s1. The molecule has 0 aliphatic carbocycles. The lowest BCUT2D eigenvalue weighted by molar-refractivity contribution is -0.146. The molecule has 4 aliphatic heterocycles. The minimum atomic E-state index is -1.28. The number of hydrogen-bond acceptors (Lipinski definition) is 9. The summed E-state index contributed by atoms with van der Waals surface area (Å²) < 4.78 is 20.0. The van der Waals surface area contributed by atoms with Crippen LogP contribution in [0.5, 0.6) is 11.5 Å². The zero-order chi connectivity index (χ0) is 37.0. The SMILES string of the molecule is C[C@H]1C[C@@H](CCn2cc(CCO)nn2)O[C@]12C(=O)N(Cc1ccc(N3C(=O)COc4ccccc43)cc1)c1ccc(N3C(=O)COc4ccccc43)cc12. The molecule has 274 valence electrons. The number of aliphatic hydroxyl groups is 1. The molecule has 3 amide bonds. The molecule has 3 atom stereocenters. The number of anilines is 5. The van der Waals surface area contributed by atoms with Crippen LogP contribution >= 0.6 is 0 Å². The fraction of sp³-hybridized carbons (Fsp3) is 0.293. The van der Waals surface area contributed by atoms with Gasteiger partial charge in [-0.15, -0.1) is 5.10 Å². The zero-order valence-electron chi connectivity index (χ0n) is 29.6. The van der Waals surface area contributed by atoms with Crippen LogP contribution in [0.4, 0.5) is 28.4 Å². The number of aliphatic hydroxyl groups excluding tert-OH is 1. The van der Waals surface area contributed by atoms with Gasteiger partial charge in [0.05, 0.1) is 35.4 Å². The second-order valence-corrected chi connectivity index (χ2v) is 14.1. The summed E-state index contributed by atoms with van der Waals surface area (Å²) in [6.07, 6.45) is 3.26. The number of amides is 3. The lowest BCUT2D eigenvalue weighted by Gasteiger charge is -2.31. The lowest BCUT2D eigenvalue weighted by atomic mass is 9.82. The summed E-state index contributed by atoms with van der Waals surface area (Å²) in [5.41, 5.74) is 4.39. The minimum absolute atomic E-state index is 0.00166. The third-order valence-electron chi connectivity index (χ3n) is 10.7. The van der Waals surface area contributed by atoms with E-state index in [0.29, 0.717) is 65.7 Å². The summed E-state index contributed by atoms with van der Waals surface area (Å²) in [4.78, 5) is 46.4. The van der Waals surface area contributed by atoms with Gasteiger partial charge in [-0.2, -0.15) is 0 Å². The number of nitrogens with zero attached hydrogens (tertiary/aromatic N) is 6. The molecule has 4 aromatic carbocycles. The van der Waals surface area contributed by atoms with Gasteiger partial charge < -0.3 is 24.2 Å². The predicted octanol–water partition coefficient (Wildman–Crippen LogP) is 5.18. The second kappa shape index (κ2) is 13.4. The quantitative estimate of drug-likeness (QED) is 0.218. The molecule has 13 nitrogen and oxygen atoms in total. The number of rotatable bonds is 9. The third kappa shape index (κ3) is 5.58. The Bertz CT molecular complexity index is 2270. The zero-order valence-corrected chi connectivity index (χ0v) is 29.6. The highest BCUT2D eigenvalue weighted by atomic mass is 16.5. The van der Waals surface area contributed by atoms with Gasteiger partial charge in [0.25, 0.3) is 17.7 Å². The monoisotopic (exact) mass is 726 g/mol. The lowest BCUT2D eigenvalue weighted by Crippen LogP contribution is -2.43. The summed E-state index contributed by atoms with van der Waals surface area (Å²) in [7, 11) is 0. The Kier molecular flexibility index (Phi) is 8.39. The van der Waals surface area contributed by atoms with Crippen LogP contribution in [0.25, 0.3) is 0 Å². The van der Waals surface area contributed by atoms with Gasteiger partial charge in [0.2, 0.25) is 0 Å². The fourth-order valence-electron chi connectivity index (χ4n) is 8.19. The van der Waals surface area contributed by atoms with Crippen LogP contribution in [-0.4, -0.2) is 63.7 Å². The van der Waals surface area contributed by atoms with Crippen molar-refractivity contribution in [2.24, 2.45) is 5.92 Å². The van der Waals surface area contributed by atoms with Crippen molar-refractivity contribution >= 4 is 46.2 Å². The highest BCUT2D eigenvalue weighted by molar-refractivity contribution is 6.10. The van der Waals surface area contributed by atoms with E-state index in [1.54, 1.807) is 19.4 Å². The average molecular weight is 727 g/mol. The molecule has 54 heavy (non-hydrogen) atoms. The van der Waals surface area contributed by atoms with Gasteiger partial charge in [0.15, 0.2) is 18.8 Å². The van der Waals surface area contributed by atoms with Gasteiger partial charge in [-0.1, -0.05) is 48.5 Å². The van der Waals surface area contributed by atoms with Crippen molar-refractivity contribution in [3.05, 3.63) is 114 Å². The van der Waals surface area contributed by atoms with Crippen molar-refractivity contribution in [2.75, 3.05) is 34.5 Å². The second-order valence-electron chi connectivity index (χ2n) is 14.1. The number of hydrogen-bond donors (Lipinski definition) is 1. The van der Waals surface area contributed by atoms with E-state index in [-0.39, 0.29) is 56.1 Å². The van der Waals surface area contributed by atoms with Gasteiger partial charge in [0, 0.05) is 48.6 Å². The van der Waals surface area contributed by atoms with Gasteiger partial charge >= 0.3 is 0 Å². The van der Waals surface area contributed by atoms with Crippen molar-refractivity contribution in [1.82, 2.24) is 15.0 Å². The number of aromatic nitrogens is 3. The molecule has 0 unspecified atom stereocenters. The Morgan fingerprint density at radius 3 is 2.15 bits per heavy atom. The van der Waals surface area contributed by atoms with E-state index in [2.05, 4.69) is 10.3 Å². The Morgan fingerprint density at radius 1 is 0.815 bits per heavy atom.